The van der Waals surface area contributed by atoms with E-state index in [9.17, 15) is 13.2 Å². The van der Waals surface area contributed by atoms with Crippen molar-refractivity contribution in [1.29, 1.82) is 0 Å². The molecule has 0 aliphatic carbocycles. The van der Waals surface area contributed by atoms with Crippen LogP contribution >= 0.6 is 0 Å². The van der Waals surface area contributed by atoms with Gasteiger partial charge >= 0.3 is 6.18 Å². The summed E-state index contributed by atoms with van der Waals surface area (Å²) in [5.74, 6) is -0.577. The van der Waals surface area contributed by atoms with Gasteiger partial charge in [0.05, 0.1) is 12.1 Å². The van der Waals surface area contributed by atoms with Gasteiger partial charge in [0.15, 0.2) is 5.96 Å². The molecule has 1 aromatic carbocycles. The summed E-state index contributed by atoms with van der Waals surface area (Å²) in [6.07, 6.45) is -4.43. The molecule has 0 heterocycles. The molecule has 0 aliphatic rings. The van der Waals surface area contributed by atoms with Gasteiger partial charge in [0.1, 0.15) is 0 Å². The van der Waals surface area contributed by atoms with Crippen LogP contribution in [0.3, 0.4) is 0 Å². The van der Waals surface area contributed by atoms with Crippen LogP contribution in [0, 0.1) is 0 Å². The zero-order valence-corrected chi connectivity index (χ0v) is 9.28. The zero-order valence-electron chi connectivity index (χ0n) is 9.28. The van der Waals surface area contributed by atoms with Gasteiger partial charge in [-0.15, -0.1) is 0 Å². The maximum Gasteiger partial charge on any atom is 0.416 e. The first-order valence-electron chi connectivity index (χ1n) is 4.85. The Morgan fingerprint density at radius 1 is 1.11 bits per heavy atom. The summed E-state index contributed by atoms with van der Waals surface area (Å²) in [5, 5.41) is 0. The molecular formula is C10H12F3N5. The second kappa shape index (κ2) is 5.39. The molecule has 0 saturated heterocycles. The van der Waals surface area contributed by atoms with Gasteiger partial charge in [0.25, 0.3) is 0 Å². The topological polar surface area (TPSA) is 103 Å². The average Bonchev–Trinajstić information content (AvgIpc) is 2.24. The van der Waals surface area contributed by atoms with Crippen molar-refractivity contribution in [2.75, 3.05) is 0 Å². The fourth-order valence-electron chi connectivity index (χ4n) is 1.27. The highest BCUT2D eigenvalue weighted by Gasteiger charge is 2.32. The molecule has 0 saturated carbocycles. The van der Waals surface area contributed by atoms with E-state index in [0.29, 0.717) is 0 Å². The van der Waals surface area contributed by atoms with E-state index in [1.165, 1.54) is 18.2 Å². The van der Waals surface area contributed by atoms with Crippen molar-refractivity contribution in [3.05, 3.63) is 35.4 Å². The number of hydrogen-bond acceptors (Lipinski definition) is 1. The lowest BCUT2D eigenvalue weighted by molar-refractivity contribution is -0.138. The van der Waals surface area contributed by atoms with Gasteiger partial charge in [0.2, 0.25) is 5.96 Å². The first kappa shape index (κ1) is 13.8. The smallest absolute Gasteiger partial charge is 0.370 e. The van der Waals surface area contributed by atoms with Crippen LogP contribution < -0.4 is 17.2 Å². The monoisotopic (exact) mass is 259 g/mol. The molecule has 0 fully saturated rings. The molecule has 18 heavy (non-hydrogen) atoms. The van der Waals surface area contributed by atoms with Gasteiger partial charge in [-0.1, -0.05) is 18.2 Å². The molecule has 0 unspecified atom stereocenters. The van der Waals surface area contributed by atoms with Crippen LogP contribution in [-0.2, 0) is 12.7 Å². The second-order valence-electron chi connectivity index (χ2n) is 3.37. The fraction of sp³-hybridized carbons (Fsp3) is 0.200. The van der Waals surface area contributed by atoms with E-state index in [1.54, 1.807) is 0 Å². The highest BCUT2D eigenvalue weighted by atomic mass is 19.4. The van der Waals surface area contributed by atoms with Gasteiger partial charge in [-0.2, -0.15) is 18.2 Å². The average molecular weight is 259 g/mol. The van der Waals surface area contributed by atoms with Crippen LogP contribution in [0.15, 0.2) is 34.3 Å². The van der Waals surface area contributed by atoms with E-state index in [-0.39, 0.29) is 24.0 Å². The van der Waals surface area contributed by atoms with Crippen LogP contribution in [0.1, 0.15) is 11.1 Å². The first-order valence-corrected chi connectivity index (χ1v) is 4.85. The minimum absolute atomic E-state index is 0.00116. The molecule has 0 aliphatic heterocycles. The largest absolute Gasteiger partial charge is 0.416 e. The number of hydrogen-bond donors (Lipinski definition) is 3. The van der Waals surface area contributed by atoms with Crippen LogP contribution in [0.4, 0.5) is 13.2 Å². The third-order valence-electron chi connectivity index (χ3n) is 1.98. The SMILES string of the molecule is NC(N)=NC(N)=NCc1ccccc1C(F)(F)F. The lowest BCUT2D eigenvalue weighted by Gasteiger charge is -2.10. The minimum atomic E-state index is -4.43. The van der Waals surface area contributed by atoms with Gasteiger partial charge in [-0.3, -0.25) is 0 Å². The molecule has 6 N–H and O–H groups in total. The minimum Gasteiger partial charge on any atom is -0.370 e. The van der Waals surface area contributed by atoms with Gasteiger partial charge in [-0.25, -0.2) is 4.99 Å². The van der Waals surface area contributed by atoms with Gasteiger partial charge in [-0.05, 0) is 11.6 Å². The van der Waals surface area contributed by atoms with E-state index in [1.807, 2.05) is 0 Å². The third kappa shape index (κ3) is 3.96. The van der Waals surface area contributed by atoms with Gasteiger partial charge < -0.3 is 17.2 Å². The second-order valence-corrected chi connectivity index (χ2v) is 3.37. The highest BCUT2D eigenvalue weighted by Crippen LogP contribution is 2.32. The zero-order chi connectivity index (χ0) is 13.8. The number of halogens is 3. The molecule has 1 aromatic rings. The predicted molar refractivity (Wildman–Crippen MR) is 62.6 cm³/mol. The van der Waals surface area contributed by atoms with E-state index in [4.69, 9.17) is 17.2 Å². The fourth-order valence-corrected chi connectivity index (χ4v) is 1.27. The van der Waals surface area contributed by atoms with Crippen molar-refractivity contribution >= 4 is 11.9 Å². The van der Waals surface area contributed by atoms with Crippen LogP contribution in [-0.4, -0.2) is 11.9 Å². The number of guanidine groups is 2. The van der Waals surface area contributed by atoms with Crippen molar-refractivity contribution in [3.8, 4) is 0 Å². The Balaban J connectivity index is 2.96. The van der Waals surface area contributed by atoms with E-state index < -0.39 is 11.7 Å². The first-order chi connectivity index (χ1) is 8.30. The van der Waals surface area contributed by atoms with Crippen molar-refractivity contribution in [3.63, 3.8) is 0 Å². The molecule has 0 amide bonds. The number of benzene rings is 1. The van der Waals surface area contributed by atoms with Crippen molar-refractivity contribution in [2.24, 2.45) is 27.2 Å². The standard InChI is InChI=1S/C10H12F3N5/c11-10(12,13)7-4-2-1-3-6(7)5-17-9(16)18-8(14)15/h1-4H,5H2,(H6,14,15,16,17,18). The van der Waals surface area contributed by atoms with Crippen molar-refractivity contribution in [2.45, 2.75) is 12.7 Å². The summed E-state index contributed by atoms with van der Waals surface area (Å²) in [6.45, 7) is -0.252. The van der Waals surface area contributed by atoms with Crippen LogP contribution in [0.2, 0.25) is 0 Å². The lowest BCUT2D eigenvalue weighted by Crippen LogP contribution is -2.26. The van der Waals surface area contributed by atoms with Crippen molar-refractivity contribution < 1.29 is 13.2 Å². The number of rotatable bonds is 2. The Morgan fingerprint density at radius 3 is 2.28 bits per heavy atom. The normalized spacial score (nSPS) is 12.3. The molecule has 0 bridgehead atoms. The summed E-state index contributed by atoms with van der Waals surface area (Å²) < 4.78 is 37.9. The molecule has 1 rings (SSSR count). The molecule has 0 radical (unpaired) electrons. The Bertz CT molecular complexity index is 475. The maximum absolute atomic E-state index is 12.6. The molecule has 0 aromatic heterocycles. The van der Waals surface area contributed by atoms with E-state index in [2.05, 4.69) is 9.98 Å². The highest BCUT2D eigenvalue weighted by molar-refractivity contribution is 5.92. The summed E-state index contributed by atoms with van der Waals surface area (Å²) in [4.78, 5) is 7.06. The Labute approximate surface area is 101 Å². The molecule has 98 valence electrons. The maximum atomic E-state index is 12.6. The predicted octanol–water partition coefficient (Wildman–Crippen LogP) is 0.794. The number of nitrogens with zero attached hydrogens (tertiary/aromatic N) is 2. The van der Waals surface area contributed by atoms with Gasteiger partial charge in [0, 0.05) is 0 Å². The summed E-state index contributed by atoms with van der Waals surface area (Å²) in [7, 11) is 0. The molecule has 8 heteroatoms. The Morgan fingerprint density at radius 2 is 1.72 bits per heavy atom. The van der Waals surface area contributed by atoms with Crippen LogP contribution in [0.5, 0.6) is 0 Å². The van der Waals surface area contributed by atoms with E-state index >= 15 is 0 Å². The lowest BCUT2D eigenvalue weighted by atomic mass is 10.1. The molecule has 0 atom stereocenters. The van der Waals surface area contributed by atoms with Crippen LogP contribution in [0.25, 0.3) is 0 Å². The Kier molecular flexibility index (Phi) is 4.13. The number of alkyl halides is 3. The molecule has 0 spiro atoms. The molecular weight excluding hydrogens is 247 g/mol. The summed E-state index contributed by atoms with van der Waals surface area (Å²) >= 11 is 0. The third-order valence-corrected chi connectivity index (χ3v) is 1.98. The molecule has 5 nitrogen and oxygen atoms in total. The quantitative estimate of drug-likeness (QED) is 0.540. The number of nitrogens with two attached hydrogens (primary N) is 3. The van der Waals surface area contributed by atoms with E-state index in [0.717, 1.165) is 6.07 Å². The number of aliphatic imine (C=N–C) groups is 2. The summed E-state index contributed by atoms with van der Waals surface area (Å²) in [6, 6.07) is 5.07. The Hall–Kier alpha value is -2.25. The summed E-state index contributed by atoms with van der Waals surface area (Å²) in [5.41, 5.74) is 14.6. The van der Waals surface area contributed by atoms with Crippen molar-refractivity contribution in [1.82, 2.24) is 0 Å².